The topological polar surface area (TPSA) is 374 Å². The summed E-state index contributed by atoms with van der Waals surface area (Å²) in [7, 11) is -5.70. The lowest BCUT2D eigenvalue weighted by Gasteiger charge is -2.49. The molecule has 2 aliphatic heterocycles. The van der Waals surface area contributed by atoms with Crippen molar-refractivity contribution in [2.75, 3.05) is 26.4 Å². The molecule has 3 fully saturated rings. The van der Waals surface area contributed by atoms with Crippen LogP contribution in [0.2, 0.25) is 0 Å². The highest BCUT2D eigenvalue weighted by Crippen LogP contribution is 2.49. The van der Waals surface area contributed by atoms with E-state index in [9.17, 15) is 74.9 Å². The van der Waals surface area contributed by atoms with Gasteiger partial charge in [-0.05, 0) is 44.9 Å². The minimum atomic E-state index is -5.70. The van der Waals surface area contributed by atoms with Crippen LogP contribution in [0.15, 0.2) is 12.2 Å². The van der Waals surface area contributed by atoms with E-state index in [0.717, 1.165) is 116 Å². The molecule has 3 aliphatic rings. The monoisotopic (exact) mass is 1480 g/mol. The highest BCUT2D eigenvalue weighted by atomic mass is 31.2. The van der Waals surface area contributed by atoms with E-state index in [4.69, 9.17) is 42.2 Å². The summed E-state index contributed by atoms with van der Waals surface area (Å²) >= 11 is 0. The summed E-state index contributed by atoms with van der Waals surface area (Å²) in [6.45, 7) is 3.48. The zero-order valence-corrected chi connectivity index (χ0v) is 63.8. The van der Waals surface area contributed by atoms with Gasteiger partial charge in [-0.15, -0.1) is 0 Å². The number of hydrogen-bond acceptors (Lipinski definition) is 23. The first-order chi connectivity index (χ1) is 49.3. The normalized spacial score (nSPS) is 27.0. The molecule has 25 heteroatoms. The lowest BCUT2D eigenvalue weighted by molar-refractivity contribution is -0.360. The SMILES string of the molecule is CCCCCC/C=C\CCCCCCCCCC(=O)OCC(COP(=O)(O)OC1C(OC2OC(CO)C(O)C(O)C2O)C(O)C(O)C(O)C1OC1OC(COC(=O)CCCCCCCCCCCCCCCCCC)C(O)C(O)C1O)OC(=O)CCCCCCCCCCCCCCCCCC. The van der Waals surface area contributed by atoms with Gasteiger partial charge < -0.3 is 89.1 Å². The third kappa shape index (κ3) is 40.8. The second-order valence-electron chi connectivity index (χ2n) is 29.1. The number of allylic oxidation sites excluding steroid dienone is 2. The van der Waals surface area contributed by atoms with Gasteiger partial charge in [-0.2, -0.15) is 0 Å². The van der Waals surface area contributed by atoms with Crippen LogP contribution in [-0.4, -0.2) is 204 Å². The Labute approximate surface area is 612 Å². The Kier molecular flexibility index (Phi) is 54.0. The maximum absolute atomic E-state index is 14.4. The van der Waals surface area contributed by atoms with Crippen LogP contribution in [-0.2, 0) is 61.2 Å². The molecule has 0 radical (unpaired) electrons. The number of carbonyl (C=O) groups excluding carboxylic acids is 3. The minimum Gasteiger partial charge on any atom is -0.463 e. The third-order valence-electron chi connectivity index (χ3n) is 20.0. The molecule has 0 bridgehead atoms. The molecule has 0 aromatic carbocycles. The molecular weight excluding hydrogens is 1340 g/mol. The van der Waals surface area contributed by atoms with E-state index >= 15 is 0 Å². The Bertz CT molecular complexity index is 2150. The molecule has 1 aliphatic carbocycles. The Morgan fingerprint density at radius 3 is 1.07 bits per heavy atom. The van der Waals surface area contributed by atoms with Crippen LogP contribution in [0.5, 0.6) is 0 Å². The van der Waals surface area contributed by atoms with Crippen molar-refractivity contribution in [3.05, 3.63) is 12.2 Å². The zero-order valence-electron chi connectivity index (χ0n) is 62.9. The van der Waals surface area contributed by atoms with Crippen LogP contribution in [0.25, 0.3) is 0 Å². The lowest BCUT2D eigenvalue weighted by atomic mass is 9.84. The first kappa shape index (κ1) is 93.9. The average molecular weight is 1480 g/mol. The van der Waals surface area contributed by atoms with Gasteiger partial charge in [0.05, 0.1) is 13.2 Å². The van der Waals surface area contributed by atoms with Crippen molar-refractivity contribution in [3.63, 3.8) is 0 Å². The van der Waals surface area contributed by atoms with Crippen molar-refractivity contribution in [3.8, 4) is 0 Å². The van der Waals surface area contributed by atoms with Crippen LogP contribution in [0.1, 0.15) is 329 Å². The van der Waals surface area contributed by atoms with E-state index in [1.165, 1.54) is 154 Å². The van der Waals surface area contributed by atoms with Crippen molar-refractivity contribution < 1.29 is 117 Å². The van der Waals surface area contributed by atoms with Crippen LogP contribution >= 0.6 is 7.82 Å². The minimum absolute atomic E-state index is 0.0330. The predicted octanol–water partition coefficient (Wildman–Crippen LogP) is 12.3. The Morgan fingerprint density at radius 2 is 0.686 bits per heavy atom. The first-order valence-electron chi connectivity index (χ1n) is 40.5. The van der Waals surface area contributed by atoms with Gasteiger partial charge in [0.15, 0.2) is 18.7 Å². The second-order valence-corrected chi connectivity index (χ2v) is 30.5. The molecule has 1 saturated carbocycles. The quantitative estimate of drug-likeness (QED) is 0.00886. The van der Waals surface area contributed by atoms with Crippen LogP contribution in [0.3, 0.4) is 0 Å². The number of phosphoric acid groups is 1. The van der Waals surface area contributed by atoms with Crippen molar-refractivity contribution in [1.82, 2.24) is 0 Å². The summed E-state index contributed by atoms with van der Waals surface area (Å²) in [6.07, 6.45) is 19.6. The van der Waals surface area contributed by atoms with E-state index in [1.807, 2.05) is 0 Å². The summed E-state index contributed by atoms with van der Waals surface area (Å²) in [5.41, 5.74) is 0. The maximum Gasteiger partial charge on any atom is 0.472 e. The number of hydrogen-bond donors (Lipinski definition) is 11. The van der Waals surface area contributed by atoms with E-state index in [-0.39, 0.29) is 19.3 Å². The van der Waals surface area contributed by atoms with Crippen molar-refractivity contribution in [2.45, 2.75) is 433 Å². The molecule has 102 heavy (non-hydrogen) atoms. The van der Waals surface area contributed by atoms with Crippen molar-refractivity contribution in [1.29, 1.82) is 0 Å². The van der Waals surface area contributed by atoms with Crippen molar-refractivity contribution >= 4 is 25.7 Å². The van der Waals surface area contributed by atoms with Gasteiger partial charge in [-0.25, -0.2) is 4.57 Å². The standard InChI is InChI=1S/C77H143O24P/c1-4-7-10-13-16-19-22-25-28-31-34-37-40-43-46-49-52-62(80)94-57-60-65(83)67(85)72(90)77(98-60)100-74-70(88)68(86)69(87)73(99-76-71(89)66(84)64(82)59(54-78)97-76)75(74)101-102(91,92)95-56-58(55-93-61(79)51-48-45-42-39-36-33-30-27-24-21-18-15-12-9-6-3)96-63(81)53-50-47-44-41-38-35-32-29-26-23-20-17-14-11-8-5-2/h21,24,58-60,64-78,82-90H,4-20,22-23,25-57H2,1-3H3,(H,91,92)/b24-21-. The predicted molar refractivity (Wildman–Crippen MR) is 388 cm³/mol. The molecule has 3 rings (SSSR count). The summed E-state index contributed by atoms with van der Waals surface area (Å²) in [5, 5.41) is 110. The molecule has 11 N–H and O–H groups in total. The number of carbonyl (C=O) groups is 3. The molecular formula is C77H143O24P. The summed E-state index contributed by atoms with van der Waals surface area (Å²) < 4.78 is 65.2. The Morgan fingerprint density at radius 1 is 0.373 bits per heavy atom. The average Bonchev–Trinajstić information content (AvgIpc) is 0.762. The third-order valence-corrected chi connectivity index (χ3v) is 21.0. The van der Waals surface area contributed by atoms with E-state index in [2.05, 4.69) is 32.9 Å². The lowest BCUT2D eigenvalue weighted by Crippen LogP contribution is -2.69. The van der Waals surface area contributed by atoms with Gasteiger partial charge in [0.2, 0.25) is 0 Å². The molecule has 0 spiro atoms. The second kappa shape index (κ2) is 58.7. The smallest absolute Gasteiger partial charge is 0.463 e. The van der Waals surface area contributed by atoms with Gasteiger partial charge in [0, 0.05) is 19.3 Å². The highest BCUT2D eigenvalue weighted by molar-refractivity contribution is 7.47. The van der Waals surface area contributed by atoms with E-state index in [1.54, 1.807) is 0 Å². The first-order valence-corrected chi connectivity index (χ1v) is 42.0. The number of rotatable bonds is 64. The molecule has 0 aromatic rings. The largest absolute Gasteiger partial charge is 0.472 e. The van der Waals surface area contributed by atoms with Gasteiger partial charge in [0.1, 0.15) is 98.7 Å². The number of aliphatic hydroxyl groups excluding tert-OH is 10. The fourth-order valence-corrected chi connectivity index (χ4v) is 14.4. The molecule has 0 aromatic heterocycles. The van der Waals surface area contributed by atoms with E-state index < -0.39 is 156 Å². The molecule has 600 valence electrons. The van der Waals surface area contributed by atoms with Crippen LogP contribution < -0.4 is 0 Å². The molecule has 2 saturated heterocycles. The van der Waals surface area contributed by atoms with E-state index in [0.29, 0.717) is 19.3 Å². The summed E-state index contributed by atoms with van der Waals surface area (Å²) in [6, 6.07) is 0. The van der Waals surface area contributed by atoms with Gasteiger partial charge in [0.25, 0.3) is 0 Å². The Hall–Kier alpha value is -2.30. The summed E-state index contributed by atoms with van der Waals surface area (Å²) in [5.74, 6) is -1.98. The van der Waals surface area contributed by atoms with Gasteiger partial charge >= 0.3 is 25.7 Å². The van der Waals surface area contributed by atoms with Crippen LogP contribution in [0, 0.1) is 0 Å². The fourth-order valence-electron chi connectivity index (χ4n) is 13.5. The molecule has 24 nitrogen and oxygen atoms in total. The molecule has 18 unspecified atom stereocenters. The molecule has 0 amide bonds. The van der Waals surface area contributed by atoms with Crippen molar-refractivity contribution in [2.24, 2.45) is 0 Å². The number of aliphatic hydroxyl groups is 10. The Balaban J connectivity index is 1.70. The van der Waals surface area contributed by atoms with Gasteiger partial charge in [-0.1, -0.05) is 277 Å². The van der Waals surface area contributed by atoms with Gasteiger partial charge in [-0.3, -0.25) is 23.4 Å². The molecule has 2 heterocycles. The highest BCUT2D eigenvalue weighted by Gasteiger charge is 2.58. The molecule has 18 atom stereocenters. The number of phosphoric ester groups is 1. The fraction of sp³-hybridized carbons (Fsp3) is 0.935. The number of esters is 3. The number of unbranched alkanes of at least 4 members (excludes halogenated alkanes) is 41. The van der Waals surface area contributed by atoms with Crippen LogP contribution in [0.4, 0.5) is 0 Å². The number of ether oxygens (including phenoxy) is 7. The summed E-state index contributed by atoms with van der Waals surface area (Å²) in [4.78, 5) is 51.1. The maximum atomic E-state index is 14.4. The zero-order chi connectivity index (χ0) is 74.6.